The number of carbonyl (C=O) groups excluding carboxylic acids is 1. The number of esters is 1. The third-order valence-electron chi connectivity index (χ3n) is 3.91. The van der Waals surface area contributed by atoms with Gasteiger partial charge in [0.1, 0.15) is 12.0 Å². The lowest BCUT2D eigenvalue weighted by molar-refractivity contribution is -0.144. The predicted octanol–water partition coefficient (Wildman–Crippen LogP) is 2.81. The summed E-state index contributed by atoms with van der Waals surface area (Å²) in [6.07, 6.45) is 6.98. The molecule has 6 heteroatoms. The Kier molecular flexibility index (Phi) is 8.31. The minimum Gasteiger partial charge on any atom is -0.469 e. The summed E-state index contributed by atoms with van der Waals surface area (Å²) in [5, 5.41) is 20.3. The molecule has 3 atom stereocenters. The third-order valence-corrected chi connectivity index (χ3v) is 3.91. The largest absolute Gasteiger partial charge is 0.469 e. The molecule has 0 unspecified atom stereocenters. The number of aliphatic hydroxyl groups excluding tert-OH is 2. The van der Waals surface area contributed by atoms with E-state index in [-0.39, 0.29) is 6.42 Å². The van der Waals surface area contributed by atoms with Gasteiger partial charge in [-0.1, -0.05) is 25.2 Å². The minimum atomic E-state index is -0.966. The zero-order chi connectivity index (χ0) is 19.0. The highest BCUT2D eigenvalue weighted by molar-refractivity contribution is 5.69. The molecule has 0 spiro atoms. The van der Waals surface area contributed by atoms with E-state index in [1.54, 1.807) is 33.1 Å². The van der Waals surface area contributed by atoms with Crippen LogP contribution in [0.5, 0.6) is 0 Å². The van der Waals surface area contributed by atoms with E-state index in [2.05, 4.69) is 9.72 Å². The van der Waals surface area contributed by atoms with Crippen molar-refractivity contribution in [2.75, 3.05) is 7.11 Å². The summed E-state index contributed by atoms with van der Waals surface area (Å²) < 4.78 is 9.67. The highest BCUT2D eigenvalue weighted by atomic mass is 16.5. The van der Waals surface area contributed by atoms with Gasteiger partial charge in [0.25, 0.3) is 0 Å². The number of rotatable bonds is 8. The van der Waals surface area contributed by atoms with Gasteiger partial charge >= 0.3 is 5.97 Å². The lowest BCUT2D eigenvalue weighted by atomic mass is 9.91. The van der Waals surface area contributed by atoms with Gasteiger partial charge in [0.15, 0.2) is 5.89 Å². The fraction of sp³-hybridized carbons (Fsp3) is 0.474. The number of aliphatic hydroxyl groups is 2. The quantitative estimate of drug-likeness (QED) is 0.554. The van der Waals surface area contributed by atoms with E-state index < -0.39 is 24.1 Å². The lowest BCUT2D eigenvalue weighted by Gasteiger charge is -2.24. The number of hydrogen-bond donors (Lipinski definition) is 2. The Labute approximate surface area is 148 Å². The molecule has 138 valence electrons. The fourth-order valence-corrected chi connectivity index (χ4v) is 2.24. The molecule has 1 aromatic heterocycles. The summed E-state index contributed by atoms with van der Waals surface area (Å²) in [6.45, 7) is 7.18. The molecule has 2 N–H and O–H groups in total. The average molecular weight is 349 g/mol. The second-order valence-electron chi connectivity index (χ2n) is 6.10. The molecular formula is C19H27NO5. The highest BCUT2D eigenvalue weighted by Crippen LogP contribution is 2.18. The molecular weight excluding hydrogens is 322 g/mol. The lowest BCUT2D eigenvalue weighted by Crippen LogP contribution is -2.32. The predicted molar refractivity (Wildman–Crippen MR) is 95.6 cm³/mol. The van der Waals surface area contributed by atoms with Gasteiger partial charge in [-0.3, -0.25) is 4.79 Å². The van der Waals surface area contributed by atoms with Crippen LogP contribution in [0.3, 0.4) is 0 Å². The van der Waals surface area contributed by atoms with Crippen LogP contribution >= 0.6 is 0 Å². The van der Waals surface area contributed by atoms with Gasteiger partial charge in [-0.25, -0.2) is 4.98 Å². The standard InChI is InChI=1S/C19H27NO5/c1-12(9-16-11-25-15(4)20-16)7-6-8-13(2)19(23)14(3)17(21)10-18(22)24-5/h6-9,11,14,17,19,21,23H,10H2,1-5H3/b7-6+,12-9+,13-8+/t14-,17-,19-/m0/s1. The van der Waals surface area contributed by atoms with Crippen molar-refractivity contribution in [1.29, 1.82) is 0 Å². The Morgan fingerprint density at radius 1 is 1.40 bits per heavy atom. The van der Waals surface area contributed by atoms with Crippen molar-refractivity contribution < 1.29 is 24.2 Å². The van der Waals surface area contributed by atoms with Crippen LogP contribution in [0.1, 0.15) is 38.8 Å². The Bertz CT molecular complexity index is 657. The Morgan fingerprint density at radius 3 is 2.64 bits per heavy atom. The molecule has 0 fully saturated rings. The summed E-state index contributed by atoms with van der Waals surface area (Å²) in [7, 11) is 1.27. The molecule has 0 aromatic carbocycles. The molecule has 0 saturated heterocycles. The van der Waals surface area contributed by atoms with Crippen LogP contribution in [0, 0.1) is 12.8 Å². The summed E-state index contributed by atoms with van der Waals surface area (Å²) >= 11 is 0. The van der Waals surface area contributed by atoms with Gasteiger partial charge in [0.2, 0.25) is 0 Å². The second-order valence-corrected chi connectivity index (χ2v) is 6.10. The number of hydrogen-bond acceptors (Lipinski definition) is 6. The highest BCUT2D eigenvalue weighted by Gasteiger charge is 2.25. The monoisotopic (exact) mass is 349 g/mol. The Morgan fingerprint density at radius 2 is 2.08 bits per heavy atom. The van der Waals surface area contributed by atoms with Crippen molar-refractivity contribution in [2.45, 2.75) is 46.3 Å². The van der Waals surface area contributed by atoms with Crippen molar-refractivity contribution in [3.8, 4) is 0 Å². The number of aromatic nitrogens is 1. The molecule has 0 amide bonds. The van der Waals surface area contributed by atoms with Crippen molar-refractivity contribution in [3.63, 3.8) is 0 Å². The van der Waals surface area contributed by atoms with Gasteiger partial charge in [-0.05, 0) is 31.1 Å². The van der Waals surface area contributed by atoms with Gasteiger partial charge in [-0.2, -0.15) is 0 Å². The zero-order valence-electron chi connectivity index (χ0n) is 15.4. The first-order valence-corrected chi connectivity index (χ1v) is 8.12. The molecule has 0 aliphatic heterocycles. The molecule has 0 radical (unpaired) electrons. The van der Waals surface area contributed by atoms with Crippen LogP contribution < -0.4 is 0 Å². The summed E-state index contributed by atoms with van der Waals surface area (Å²) in [5.74, 6) is -0.378. The Balaban J connectivity index is 2.66. The number of aryl methyl sites for hydroxylation is 1. The maximum atomic E-state index is 11.2. The molecule has 0 aliphatic rings. The number of methoxy groups -OCH3 is 1. The maximum absolute atomic E-state index is 11.2. The molecule has 0 saturated carbocycles. The SMILES string of the molecule is COC(=O)C[C@H](O)[C@H](C)[C@@H](O)/C(C)=C/C=C/C(C)=C/c1coc(C)n1. The van der Waals surface area contributed by atoms with Crippen molar-refractivity contribution in [2.24, 2.45) is 5.92 Å². The number of carbonyl (C=O) groups is 1. The third kappa shape index (κ3) is 7.07. The molecule has 0 aliphatic carbocycles. The zero-order valence-corrected chi connectivity index (χ0v) is 15.4. The van der Waals surface area contributed by atoms with Crippen LogP contribution in [0.4, 0.5) is 0 Å². The van der Waals surface area contributed by atoms with E-state index in [0.717, 1.165) is 11.3 Å². The minimum absolute atomic E-state index is 0.142. The molecule has 6 nitrogen and oxygen atoms in total. The van der Waals surface area contributed by atoms with Gasteiger partial charge < -0.3 is 19.4 Å². The van der Waals surface area contributed by atoms with E-state index in [9.17, 15) is 15.0 Å². The van der Waals surface area contributed by atoms with Crippen LogP contribution in [0.15, 0.2) is 40.1 Å². The molecule has 1 aromatic rings. The first kappa shape index (κ1) is 20.9. The number of oxazole rings is 1. The van der Waals surface area contributed by atoms with Crippen molar-refractivity contribution in [1.82, 2.24) is 4.98 Å². The Hall–Kier alpha value is -2.18. The topological polar surface area (TPSA) is 92.8 Å². The van der Waals surface area contributed by atoms with Crippen LogP contribution in [0.25, 0.3) is 6.08 Å². The van der Waals surface area contributed by atoms with Gasteiger partial charge in [0, 0.05) is 12.8 Å². The summed E-state index contributed by atoms with van der Waals surface area (Å²) in [6, 6.07) is 0. The molecule has 1 rings (SSSR count). The van der Waals surface area contributed by atoms with Crippen LogP contribution in [-0.4, -0.2) is 40.5 Å². The summed E-state index contributed by atoms with van der Waals surface area (Å²) in [5.41, 5.74) is 2.42. The van der Waals surface area contributed by atoms with E-state index in [0.29, 0.717) is 11.5 Å². The summed E-state index contributed by atoms with van der Waals surface area (Å²) in [4.78, 5) is 15.4. The van der Waals surface area contributed by atoms with Gasteiger partial charge in [0.05, 0.1) is 25.7 Å². The fourth-order valence-electron chi connectivity index (χ4n) is 2.24. The van der Waals surface area contributed by atoms with E-state index in [1.807, 2.05) is 25.2 Å². The molecule has 25 heavy (non-hydrogen) atoms. The first-order valence-electron chi connectivity index (χ1n) is 8.12. The van der Waals surface area contributed by atoms with E-state index >= 15 is 0 Å². The number of ether oxygens (including phenoxy) is 1. The first-order chi connectivity index (χ1) is 11.7. The molecule has 0 bridgehead atoms. The normalized spacial score (nSPS) is 16.8. The second kappa shape index (κ2) is 9.96. The van der Waals surface area contributed by atoms with E-state index in [4.69, 9.17) is 4.42 Å². The smallest absolute Gasteiger partial charge is 0.308 e. The number of allylic oxidation sites excluding steroid dienone is 4. The maximum Gasteiger partial charge on any atom is 0.308 e. The van der Waals surface area contributed by atoms with E-state index in [1.165, 1.54) is 7.11 Å². The van der Waals surface area contributed by atoms with Gasteiger partial charge in [-0.15, -0.1) is 0 Å². The number of nitrogens with zero attached hydrogens (tertiary/aromatic N) is 1. The molecule has 1 heterocycles. The van der Waals surface area contributed by atoms with Crippen LogP contribution in [-0.2, 0) is 9.53 Å². The average Bonchev–Trinajstić information content (AvgIpc) is 2.97. The van der Waals surface area contributed by atoms with Crippen LogP contribution in [0.2, 0.25) is 0 Å². The van der Waals surface area contributed by atoms with Crippen molar-refractivity contribution in [3.05, 3.63) is 47.2 Å². The van der Waals surface area contributed by atoms with Crippen molar-refractivity contribution >= 4 is 12.0 Å².